The minimum Gasteiger partial charge on any atom is -0.288 e. The Morgan fingerprint density at radius 2 is 0.667 bits per heavy atom. The molecule has 54 heavy (non-hydrogen) atoms. The van der Waals surface area contributed by atoms with Crippen LogP contribution in [0.5, 0.6) is 0 Å². The highest BCUT2D eigenvalue weighted by Gasteiger charge is 2.46. The molecule has 0 aliphatic carbocycles. The molecule has 0 amide bonds. The zero-order valence-corrected chi connectivity index (χ0v) is 30.3. The lowest BCUT2D eigenvalue weighted by Crippen LogP contribution is -2.32. The van der Waals surface area contributed by atoms with E-state index in [9.17, 15) is 0 Å². The predicted molar refractivity (Wildman–Crippen MR) is 217 cm³/mol. The molecule has 0 unspecified atom stereocenters. The normalized spacial score (nSPS) is 23.0. The van der Waals surface area contributed by atoms with E-state index in [1.165, 1.54) is 33.4 Å². The standard InChI is InChI=1S/C49H45N5/c1-7-20-36(21-8-1)34-53-46(40-28-15-5-16-29-40)44(38-24-11-3-12-25-38)51-48(53)42-32-19-33-43(50-42)49-52-45(39-26-13-4-14-27-39)47(41-30-17-6-18-31-41)54(49)35-37-22-9-2-10-23-37/h1-33,44-49,51-52H,34-35H2/t44-,45-,46-,47-,48+,49+/m1/s1. The van der Waals surface area contributed by atoms with Gasteiger partial charge in [-0.25, -0.2) is 0 Å². The Bertz CT molecular complexity index is 2060. The lowest BCUT2D eigenvalue weighted by molar-refractivity contribution is 0.165. The Hall–Kier alpha value is -5.69. The number of hydrogen-bond donors (Lipinski definition) is 2. The maximum Gasteiger partial charge on any atom is 0.105 e. The van der Waals surface area contributed by atoms with Crippen LogP contribution in [0.15, 0.2) is 200 Å². The number of rotatable bonds is 10. The van der Waals surface area contributed by atoms with E-state index >= 15 is 0 Å². The highest BCUT2D eigenvalue weighted by Crippen LogP contribution is 2.48. The van der Waals surface area contributed by atoms with Crippen LogP contribution in [0.1, 0.15) is 81.3 Å². The monoisotopic (exact) mass is 703 g/mol. The maximum atomic E-state index is 5.62. The van der Waals surface area contributed by atoms with Crippen molar-refractivity contribution in [3.8, 4) is 0 Å². The summed E-state index contributed by atoms with van der Waals surface area (Å²) < 4.78 is 0. The molecule has 2 aliphatic heterocycles. The van der Waals surface area contributed by atoms with Crippen molar-refractivity contribution in [3.05, 3.63) is 245 Å². The fourth-order valence-electron chi connectivity index (χ4n) is 8.62. The Morgan fingerprint density at radius 3 is 1.02 bits per heavy atom. The van der Waals surface area contributed by atoms with Crippen LogP contribution in [-0.4, -0.2) is 14.8 Å². The molecule has 0 radical (unpaired) electrons. The highest BCUT2D eigenvalue weighted by atomic mass is 15.4. The van der Waals surface area contributed by atoms with Gasteiger partial charge in [0, 0.05) is 13.1 Å². The first-order valence-electron chi connectivity index (χ1n) is 19.1. The van der Waals surface area contributed by atoms with E-state index < -0.39 is 0 Å². The summed E-state index contributed by atoms with van der Waals surface area (Å²) in [6, 6.07) is 72.3. The average molecular weight is 704 g/mol. The molecule has 3 heterocycles. The van der Waals surface area contributed by atoms with E-state index in [1.54, 1.807) is 0 Å². The molecule has 0 bridgehead atoms. The molecule has 7 aromatic rings. The van der Waals surface area contributed by atoms with Gasteiger partial charge in [0.15, 0.2) is 0 Å². The van der Waals surface area contributed by atoms with Crippen LogP contribution >= 0.6 is 0 Å². The summed E-state index contributed by atoms with van der Waals surface area (Å²) >= 11 is 0. The summed E-state index contributed by atoms with van der Waals surface area (Å²) in [6.07, 6.45) is -0.251. The van der Waals surface area contributed by atoms with E-state index in [2.05, 4.69) is 221 Å². The lowest BCUT2D eigenvalue weighted by Gasteiger charge is -2.32. The van der Waals surface area contributed by atoms with Gasteiger partial charge in [-0.2, -0.15) is 0 Å². The summed E-state index contributed by atoms with van der Waals surface area (Å²) in [5.74, 6) is 0. The van der Waals surface area contributed by atoms with E-state index in [0.29, 0.717) is 0 Å². The Kier molecular flexibility index (Phi) is 9.93. The zero-order chi connectivity index (χ0) is 36.1. The van der Waals surface area contributed by atoms with Crippen molar-refractivity contribution in [2.45, 2.75) is 49.6 Å². The molecule has 5 heteroatoms. The molecule has 2 N–H and O–H groups in total. The van der Waals surface area contributed by atoms with Crippen LogP contribution in [0.3, 0.4) is 0 Å². The van der Waals surface area contributed by atoms with Crippen molar-refractivity contribution in [2.24, 2.45) is 0 Å². The topological polar surface area (TPSA) is 43.4 Å². The van der Waals surface area contributed by atoms with Crippen LogP contribution in [0.25, 0.3) is 0 Å². The van der Waals surface area contributed by atoms with Crippen LogP contribution in [0, 0.1) is 0 Å². The first-order valence-corrected chi connectivity index (χ1v) is 19.1. The van der Waals surface area contributed by atoms with E-state index in [1.807, 2.05) is 0 Å². The van der Waals surface area contributed by atoms with Crippen LogP contribution < -0.4 is 10.6 Å². The third kappa shape index (κ3) is 7.03. The summed E-state index contributed by atoms with van der Waals surface area (Å²) in [7, 11) is 0. The first kappa shape index (κ1) is 34.1. The number of hydrogen-bond acceptors (Lipinski definition) is 5. The molecule has 266 valence electrons. The predicted octanol–water partition coefficient (Wildman–Crippen LogP) is 10.3. The Balaban J connectivity index is 1.15. The van der Waals surface area contributed by atoms with Crippen LogP contribution in [0.2, 0.25) is 0 Å². The van der Waals surface area contributed by atoms with Gasteiger partial charge in [-0.1, -0.05) is 188 Å². The summed E-state index contributed by atoms with van der Waals surface area (Å²) in [4.78, 5) is 10.8. The van der Waals surface area contributed by atoms with Crippen LogP contribution in [0.4, 0.5) is 0 Å². The van der Waals surface area contributed by atoms with Crippen molar-refractivity contribution in [1.29, 1.82) is 0 Å². The maximum absolute atomic E-state index is 5.62. The molecule has 5 nitrogen and oxygen atoms in total. The number of aromatic nitrogens is 1. The third-order valence-electron chi connectivity index (χ3n) is 11.1. The van der Waals surface area contributed by atoms with E-state index in [0.717, 1.165) is 24.5 Å². The van der Waals surface area contributed by atoms with E-state index in [4.69, 9.17) is 4.98 Å². The Labute approximate surface area is 319 Å². The minimum atomic E-state index is -0.126. The SMILES string of the molecule is c1ccc(CN2[C@@H](c3cccc([C@H]4N[C@H](c5ccccc5)[C@@H](c5ccccc5)N4Cc4ccccc4)n3)N[C@H](c3ccccc3)[C@H]2c2ccccc2)cc1. The largest absolute Gasteiger partial charge is 0.288 e. The molecule has 6 atom stereocenters. The number of nitrogens with zero attached hydrogens (tertiary/aromatic N) is 3. The van der Waals surface area contributed by atoms with Gasteiger partial charge < -0.3 is 0 Å². The smallest absolute Gasteiger partial charge is 0.105 e. The quantitative estimate of drug-likeness (QED) is 0.149. The second kappa shape index (κ2) is 15.7. The minimum absolute atomic E-state index is 0.0666. The molecular formula is C49H45N5. The second-order valence-corrected chi connectivity index (χ2v) is 14.4. The molecule has 2 saturated heterocycles. The molecule has 1 aromatic heterocycles. The summed E-state index contributed by atoms with van der Waals surface area (Å²) in [6.45, 7) is 1.56. The van der Waals surface area contributed by atoms with Gasteiger partial charge >= 0.3 is 0 Å². The number of pyridine rings is 1. The lowest BCUT2D eigenvalue weighted by atomic mass is 9.93. The molecule has 2 fully saturated rings. The Morgan fingerprint density at radius 1 is 0.352 bits per heavy atom. The highest BCUT2D eigenvalue weighted by molar-refractivity contribution is 5.35. The van der Waals surface area contributed by atoms with Crippen molar-refractivity contribution in [1.82, 2.24) is 25.4 Å². The van der Waals surface area contributed by atoms with E-state index in [-0.39, 0.29) is 36.5 Å². The molecule has 9 rings (SSSR count). The van der Waals surface area contributed by atoms with Gasteiger partial charge in [0.25, 0.3) is 0 Å². The third-order valence-corrected chi connectivity index (χ3v) is 11.1. The van der Waals surface area contributed by atoms with Crippen molar-refractivity contribution < 1.29 is 0 Å². The molecule has 6 aromatic carbocycles. The van der Waals surface area contributed by atoms with Gasteiger partial charge in [-0.15, -0.1) is 0 Å². The molecule has 0 saturated carbocycles. The molecule has 2 aliphatic rings. The zero-order valence-electron chi connectivity index (χ0n) is 30.3. The van der Waals surface area contributed by atoms with Gasteiger partial charge in [-0.3, -0.25) is 25.4 Å². The van der Waals surface area contributed by atoms with Crippen molar-refractivity contribution >= 4 is 0 Å². The second-order valence-electron chi connectivity index (χ2n) is 14.4. The fourth-order valence-corrected chi connectivity index (χ4v) is 8.62. The van der Waals surface area contributed by atoms with Crippen molar-refractivity contribution in [3.63, 3.8) is 0 Å². The van der Waals surface area contributed by atoms with Gasteiger partial charge in [0.2, 0.25) is 0 Å². The summed E-state index contributed by atoms with van der Waals surface area (Å²) in [5.41, 5.74) is 9.70. The summed E-state index contributed by atoms with van der Waals surface area (Å²) in [5, 5.41) is 8.22. The van der Waals surface area contributed by atoms with Gasteiger partial charge in [-0.05, 0) is 45.5 Å². The average Bonchev–Trinajstić information content (AvgIpc) is 3.82. The van der Waals surface area contributed by atoms with Gasteiger partial charge in [0.05, 0.1) is 35.6 Å². The molecular weight excluding hydrogens is 659 g/mol. The van der Waals surface area contributed by atoms with Gasteiger partial charge in [0.1, 0.15) is 12.3 Å². The fraction of sp³-hybridized carbons (Fsp3) is 0.163. The van der Waals surface area contributed by atoms with Crippen molar-refractivity contribution in [2.75, 3.05) is 0 Å². The number of nitrogens with one attached hydrogen (secondary N) is 2. The molecule has 0 spiro atoms. The first-order chi connectivity index (χ1) is 26.8. The number of benzene rings is 6. The van der Waals surface area contributed by atoms with Crippen LogP contribution in [-0.2, 0) is 13.1 Å².